The van der Waals surface area contributed by atoms with Crippen molar-refractivity contribution in [3.05, 3.63) is 24.0 Å². The van der Waals surface area contributed by atoms with Crippen LogP contribution in [0.5, 0.6) is 5.75 Å². The van der Waals surface area contributed by atoms with Crippen molar-refractivity contribution in [1.29, 1.82) is 0 Å². The van der Waals surface area contributed by atoms with Crippen molar-refractivity contribution in [1.82, 2.24) is 9.55 Å². The lowest BCUT2D eigenvalue weighted by atomic mass is 10.0. The molecule has 0 radical (unpaired) electrons. The summed E-state index contributed by atoms with van der Waals surface area (Å²) in [5.74, 6) is 1.01. The van der Waals surface area contributed by atoms with Gasteiger partial charge in [0.2, 0.25) is 5.91 Å². The molecule has 5 nitrogen and oxygen atoms in total. The first-order chi connectivity index (χ1) is 9.78. The van der Waals surface area contributed by atoms with Crippen LogP contribution in [0.15, 0.2) is 18.2 Å². The van der Waals surface area contributed by atoms with Gasteiger partial charge < -0.3 is 15.0 Å². The van der Waals surface area contributed by atoms with Gasteiger partial charge in [-0.1, -0.05) is 6.07 Å². The molecule has 0 aliphatic rings. The number of carbonyl (C=O) groups excluding carboxylic acids is 1. The third-order valence-corrected chi connectivity index (χ3v) is 3.60. The van der Waals surface area contributed by atoms with Crippen LogP contribution in [0.25, 0.3) is 11.0 Å². The van der Waals surface area contributed by atoms with Crippen LogP contribution in [0.2, 0.25) is 0 Å². The third-order valence-electron chi connectivity index (χ3n) is 3.36. The number of aromatic nitrogens is 2. The maximum Gasteiger partial charge on any atom is 0.243 e. The molecule has 2 aromatic rings. The van der Waals surface area contributed by atoms with Crippen LogP contribution in [0, 0.1) is 0 Å². The lowest BCUT2D eigenvalue weighted by Crippen LogP contribution is -2.41. The second-order valence-electron chi connectivity index (χ2n) is 5.71. The highest BCUT2D eigenvalue weighted by Crippen LogP contribution is 2.31. The van der Waals surface area contributed by atoms with Crippen molar-refractivity contribution < 1.29 is 9.53 Å². The summed E-state index contributed by atoms with van der Waals surface area (Å²) in [6.45, 7) is 7.40. The number of fused-ring (bicyclic) bond motifs is 1. The van der Waals surface area contributed by atoms with Crippen LogP contribution in [-0.2, 0) is 16.2 Å². The normalized spacial score (nSPS) is 12.1. The zero-order chi connectivity index (χ0) is 15.8. The van der Waals surface area contributed by atoms with E-state index in [0.717, 1.165) is 5.52 Å². The molecule has 21 heavy (non-hydrogen) atoms. The molecule has 0 spiro atoms. The molecule has 0 fully saturated rings. The van der Waals surface area contributed by atoms with E-state index < -0.39 is 11.4 Å². The minimum Gasteiger partial charge on any atom is -0.489 e. The quantitative estimate of drug-likeness (QED) is 0.863. The Morgan fingerprint density at radius 3 is 2.67 bits per heavy atom. The molecule has 1 heterocycles. The van der Waals surface area contributed by atoms with Crippen LogP contribution < -0.4 is 10.5 Å². The number of hydrogen-bond acceptors (Lipinski definition) is 3. The van der Waals surface area contributed by atoms with Gasteiger partial charge in [-0.3, -0.25) is 4.79 Å². The fourth-order valence-electron chi connectivity index (χ4n) is 2.29. The van der Waals surface area contributed by atoms with Gasteiger partial charge in [0.1, 0.15) is 22.6 Å². The molecule has 1 aromatic carbocycles. The standard InChI is InChI=1S/C15H20ClN3O2/c1-9(2)21-11-7-5-6-10-13(11)18-12(8-16)19(10)15(3,4)14(17)20/h5-7,9H,8H2,1-4H3,(H2,17,20). The first-order valence-electron chi connectivity index (χ1n) is 6.82. The van der Waals surface area contributed by atoms with Gasteiger partial charge in [-0.05, 0) is 39.8 Å². The monoisotopic (exact) mass is 309 g/mol. The number of primary amides is 1. The summed E-state index contributed by atoms with van der Waals surface area (Å²) in [4.78, 5) is 16.3. The van der Waals surface area contributed by atoms with E-state index in [-0.39, 0.29) is 12.0 Å². The molecule has 1 amide bonds. The van der Waals surface area contributed by atoms with Crippen molar-refractivity contribution in [2.75, 3.05) is 0 Å². The Hall–Kier alpha value is -1.75. The van der Waals surface area contributed by atoms with Crippen molar-refractivity contribution in [2.45, 2.75) is 45.2 Å². The van der Waals surface area contributed by atoms with E-state index in [1.807, 2.05) is 32.0 Å². The van der Waals surface area contributed by atoms with Gasteiger partial charge in [0.25, 0.3) is 0 Å². The van der Waals surface area contributed by atoms with Gasteiger partial charge in [-0.15, -0.1) is 11.6 Å². The van der Waals surface area contributed by atoms with Crippen LogP contribution >= 0.6 is 11.6 Å². The SMILES string of the molecule is CC(C)Oc1cccc2c1nc(CCl)n2C(C)(C)C(N)=O. The van der Waals surface area contributed by atoms with Gasteiger partial charge in [0.05, 0.1) is 17.5 Å². The van der Waals surface area contributed by atoms with E-state index in [2.05, 4.69) is 4.98 Å². The number of nitrogens with two attached hydrogens (primary N) is 1. The average molecular weight is 310 g/mol. The number of ether oxygens (including phenoxy) is 1. The van der Waals surface area contributed by atoms with E-state index >= 15 is 0 Å². The number of carbonyl (C=O) groups is 1. The smallest absolute Gasteiger partial charge is 0.243 e. The molecule has 0 aliphatic carbocycles. The number of alkyl halides is 1. The first-order valence-corrected chi connectivity index (χ1v) is 7.35. The first kappa shape index (κ1) is 15.6. The summed E-state index contributed by atoms with van der Waals surface area (Å²) >= 11 is 6.00. The van der Waals surface area contributed by atoms with Gasteiger partial charge in [-0.25, -0.2) is 4.98 Å². The van der Waals surface area contributed by atoms with Gasteiger partial charge >= 0.3 is 0 Å². The highest BCUT2D eigenvalue weighted by atomic mass is 35.5. The molecular weight excluding hydrogens is 290 g/mol. The van der Waals surface area contributed by atoms with E-state index in [0.29, 0.717) is 17.1 Å². The van der Waals surface area contributed by atoms with Crippen LogP contribution in [0.3, 0.4) is 0 Å². The Balaban J connectivity index is 2.74. The summed E-state index contributed by atoms with van der Waals surface area (Å²) in [7, 11) is 0. The maximum absolute atomic E-state index is 11.8. The van der Waals surface area contributed by atoms with Crippen LogP contribution in [0.1, 0.15) is 33.5 Å². The van der Waals surface area contributed by atoms with Gasteiger partial charge in [-0.2, -0.15) is 0 Å². The number of benzene rings is 1. The van der Waals surface area contributed by atoms with E-state index in [4.69, 9.17) is 22.1 Å². The molecule has 6 heteroatoms. The largest absolute Gasteiger partial charge is 0.489 e. The Morgan fingerprint density at radius 1 is 1.48 bits per heavy atom. The van der Waals surface area contributed by atoms with Crippen LogP contribution in [0.4, 0.5) is 0 Å². The summed E-state index contributed by atoms with van der Waals surface area (Å²) in [6, 6.07) is 5.61. The van der Waals surface area contributed by atoms with E-state index in [9.17, 15) is 4.79 Å². The number of hydrogen-bond donors (Lipinski definition) is 1. The molecule has 2 rings (SSSR count). The topological polar surface area (TPSA) is 70.1 Å². The Morgan fingerprint density at radius 2 is 2.14 bits per heavy atom. The van der Waals surface area contributed by atoms with Gasteiger partial charge in [0, 0.05) is 0 Å². The molecular formula is C15H20ClN3O2. The fourth-order valence-corrected chi connectivity index (χ4v) is 2.47. The third kappa shape index (κ3) is 2.70. The van der Waals surface area contributed by atoms with Crippen molar-refractivity contribution in [3.63, 3.8) is 0 Å². The molecule has 0 atom stereocenters. The number of nitrogens with zero attached hydrogens (tertiary/aromatic N) is 2. The predicted molar refractivity (Wildman–Crippen MR) is 83.6 cm³/mol. The number of para-hydroxylation sites is 1. The second kappa shape index (κ2) is 5.56. The summed E-state index contributed by atoms with van der Waals surface area (Å²) in [6.07, 6.45) is 0.0318. The molecule has 0 saturated carbocycles. The molecule has 0 saturated heterocycles. The molecule has 114 valence electrons. The number of imidazole rings is 1. The summed E-state index contributed by atoms with van der Waals surface area (Å²) in [5.41, 5.74) is 6.09. The zero-order valence-corrected chi connectivity index (χ0v) is 13.4. The van der Waals surface area contributed by atoms with E-state index in [1.54, 1.807) is 18.4 Å². The molecule has 0 bridgehead atoms. The van der Waals surface area contributed by atoms with Crippen molar-refractivity contribution in [3.8, 4) is 5.75 Å². The fraction of sp³-hybridized carbons (Fsp3) is 0.467. The van der Waals surface area contributed by atoms with Crippen LogP contribution in [-0.4, -0.2) is 21.6 Å². The highest BCUT2D eigenvalue weighted by molar-refractivity contribution is 6.17. The predicted octanol–water partition coefficient (Wildman–Crippen LogP) is 2.78. The Bertz CT molecular complexity index is 677. The Labute approximate surface area is 129 Å². The van der Waals surface area contributed by atoms with E-state index in [1.165, 1.54) is 0 Å². The number of rotatable bonds is 5. The Kier molecular flexibility index (Phi) is 4.14. The minimum absolute atomic E-state index is 0.0318. The zero-order valence-electron chi connectivity index (χ0n) is 12.7. The maximum atomic E-state index is 11.8. The summed E-state index contributed by atoms with van der Waals surface area (Å²) in [5, 5.41) is 0. The average Bonchev–Trinajstić information content (AvgIpc) is 2.78. The second-order valence-corrected chi connectivity index (χ2v) is 5.98. The van der Waals surface area contributed by atoms with Crippen molar-refractivity contribution in [2.24, 2.45) is 5.73 Å². The molecule has 2 N–H and O–H groups in total. The molecule has 0 unspecified atom stereocenters. The lowest BCUT2D eigenvalue weighted by Gasteiger charge is -2.25. The lowest BCUT2D eigenvalue weighted by molar-refractivity contribution is -0.125. The number of halogens is 1. The van der Waals surface area contributed by atoms with Crippen molar-refractivity contribution >= 4 is 28.5 Å². The number of amides is 1. The van der Waals surface area contributed by atoms with Gasteiger partial charge in [0.15, 0.2) is 0 Å². The molecule has 1 aromatic heterocycles. The highest BCUT2D eigenvalue weighted by Gasteiger charge is 2.32. The summed E-state index contributed by atoms with van der Waals surface area (Å²) < 4.78 is 7.56. The minimum atomic E-state index is -0.921. The molecule has 0 aliphatic heterocycles.